The van der Waals surface area contributed by atoms with E-state index < -0.39 is 10.0 Å². The van der Waals surface area contributed by atoms with Gasteiger partial charge in [0.25, 0.3) is 5.91 Å². The van der Waals surface area contributed by atoms with E-state index in [4.69, 9.17) is 11.6 Å². The van der Waals surface area contributed by atoms with Crippen LogP contribution in [0.2, 0.25) is 5.02 Å². The summed E-state index contributed by atoms with van der Waals surface area (Å²) in [6.45, 7) is 1.27. The zero-order valence-corrected chi connectivity index (χ0v) is 17.2. The van der Waals surface area contributed by atoms with Gasteiger partial charge in [-0.2, -0.15) is 0 Å². The van der Waals surface area contributed by atoms with E-state index in [-0.39, 0.29) is 16.5 Å². The average Bonchev–Trinajstić information content (AvgIpc) is 2.64. The number of nitrogens with one attached hydrogen (secondary N) is 1. The molecule has 0 bridgehead atoms. The second-order valence-electron chi connectivity index (χ2n) is 6.26. The molecule has 0 radical (unpaired) electrons. The van der Waals surface area contributed by atoms with Gasteiger partial charge in [-0.15, -0.1) is 0 Å². The highest BCUT2D eigenvalue weighted by Gasteiger charge is 2.16. The lowest BCUT2D eigenvalue weighted by Gasteiger charge is -2.19. The fourth-order valence-corrected chi connectivity index (χ4v) is 3.20. The fraction of sp³-hybridized carbons (Fsp3) is 0.316. The van der Waals surface area contributed by atoms with Gasteiger partial charge in [0, 0.05) is 32.9 Å². The molecule has 0 atom stereocenters. The number of carbonyl (C=O) groups excluding carboxylic acids is 1. The van der Waals surface area contributed by atoms with Crippen LogP contribution in [0, 0.1) is 0 Å². The number of sulfonamides is 1. The molecule has 0 aromatic heterocycles. The number of anilines is 2. The van der Waals surface area contributed by atoms with Crippen LogP contribution < -0.4 is 14.5 Å². The molecule has 0 saturated heterocycles. The van der Waals surface area contributed by atoms with Crippen molar-refractivity contribution in [3.63, 3.8) is 0 Å². The van der Waals surface area contributed by atoms with Crippen molar-refractivity contribution in [2.45, 2.75) is 6.42 Å². The van der Waals surface area contributed by atoms with Crippen LogP contribution >= 0.6 is 11.6 Å². The van der Waals surface area contributed by atoms with E-state index in [1.54, 1.807) is 6.07 Å². The summed E-state index contributed by atoms with van der Waals surface area (Å²) in [5, 5.41) is 3.11. The number of rotatable bonds is 8. The lowest BCUT2D eigenvalue weighted by molar-refractivity contribution is 0.0953. The maximum Gasteiger partial charge on any atom is 0.252 e. The Morgan fingerprint density at radius 2 is 1.74 bits per heavy atom. The molecule has 0 aliphatic rings. The minimum absolute atomic E-state index is 0.251. The van der Waals surface area contributed by atoms with Crippen LogP contribution in [0.4, 0.5) is 11.4 Å². The minimum Gasteiger partial charge on any atom is -0.375 e. The quantitative estimate of drug-likeness (QED) is 0.680. The van der Waals surface area contributed by atoms with E-state index in [9.17, 15) is 13.2 Å². The van der Waals surface area contributed by atoms with Crippen LogP contribution in [0.1, 0.15) is 16.8 Å². The predicted octanol–water partition coefficient (Wildman–Crippen LogP) is 2.99. The average molecular weight is 410 g/mol. The third-order valence-electron chi connectivity index (χ3n) is 4.21. The standard InChI is InChI=1S/C19H24ClN3O3S/c1-22(15-8-5-4-6-9-15)13-7-12-21-19(24)17-14-16(10-11-18(17)20)23(2)27(3,25)26/h4-6,8-11,14H,7,12-13H2,1-3H3,(H,21,24). The molecular formula is C19H24ClN3O3S. The Bertz CT molecular complexity index is 888. The van der Waals surface area contributed by atoms with E-state index in [1.807, 2.05) is 37.4 Å². The van der Waals surface area contributed by atoms with Crippen LogP contribution in [0.15, 0.2) is 48.5 Å². The zero-order chi connectivity index (χ0) is 20.0. The van der Waals surface area contributed by atoms with Gasteiger partial charge in [0.05, 0.1) is 22.5 Å². The van der Waals surface area contributed by atoms with Crippen molar-refractivity contribution in [3.8, 4) is 0 Å². The number of halogens is 1. The SMILES string of the molecule is CN(CCCNC(=O)c1cc(N(C)S(C)(=O)=O)ccc1Cl)c1ccccc1. The van der Waals surface area contributed by atoms with Crippen LogP contribution in [0.3, 0.4) is 0 Å². The maximum atomic E-state index is 12.4. The molecule has 1 N–H and O–H groups in total. The van der Waals surface area contributed by atoms with Crippen LogP contribution in [-0.2, 0) is 10.0 Å². The van der Waals surface area contributed by atoms with Gasteiger partial charge in [-0.1, -0.05) is 29.8 Å². The number of carbonyl (C=O) groups is 1. The predicted molar refractivity (Wildman–Crippen MR) is 111 cm³/mol. The van der Waals surface area contributed by atoms with Crippen molar-refractivity contribution in [2.75, 3.05) is 42.6 Å². The van der Waals surface area contributed by atoms with E-state index in [2.05, 4.69) is 10.2 Å². The van der Waals surface area contributed by atoms with Crippen molar-refractivity contribution in [1.29, 1.82) is 0 Å². The summed E-state index contributed by atoms with van der Waals surface area (Å²) in [4.78, 5) is 14.5. The number of hydrogen-bond donors (Lipinski definition) is 1. The molecule has 0 saturated carbocycles. The summed E-state index contributed by atoms with van der Waals surface area (Å²) in [7, 11) is 0.0138. The molecule has 146 valence electrons. The van der Waals surface area contributed by atoms with Gasteiger partial charge in [0.15, 0.2) is 0 Å². The van der Waals surface area contributed by atoms with Crippen molar-refractivity contribution < 1.29 is 13.2 Å². The van der Waals surface area contributed by atoms with E-state index in [1.165, 1.54) is 19.2 Å². The van der Waals surface area contributed by atoms with Crippen LogP contribution in [-0.4, -0.2) is 47.8 Å². The Labute approximate surface area is 165 Å². The van der Waals surface area contributed by atoms with Crippen molar-refractivity contribution >= 4 is 38.9 Å². The van der Waals surface area contributed by atoms with Crippen molar-refractivity contribution in [1.82, 2.24) is 5.32 Å². The number of nitrogens with zero attached hydrogens (tertiary/aromatic N) is 2. The zero-order valence-electron chi connectivity index (χ0n) is 15.6. The molecule has 0 spiro atoms. The smallest absolute Gasteiger partial charge is 0.252 e. The van der Waals surface area contributed by atoms with E-state index in [0.717, 1.165) is 29.2 Å². The van der Waals surface area contributed by atoms with Crippen LogP contribution in [0.25, 0.3) is 0 Å². The van der Waals surface area contributed by atoms with Crippen molar-refractivity contribution in [2.24, 2.45) is 0 Å². The molecule has 0 heterocycles. The lowest BCUT2D eigenvalue weighted by Crippen LogP contribution is -2.29. The van der Waals surface area contributed by atoms with Gasteiger partial charge in [-0.25, -0.2) is 8.42 Å². The molecule has 0 unspecified atom stereocenters. The molecule has 0 aliphatic heterocycles. The Balaban J connectivity index is 1.94. The number of hydrogen-bond acceptors (Lipinski definition) is 4. The first-order valence-corrected chi connectivity index (χ1v) is 10.7. The molecule has 1 amide bonds. The minimum atomic E-state index is -3.41. The van der Waals surface area contributed by atoms with Gasteiger partial charge < -0.3 is 10.2 Å². The topological polar surface area (TPSA) is 69.7 Å². The number of amides is 1. The second-order valence-corrected chi connectivity index (χ2v) is 8.68. The van der Waals surface area contributed by atoms with E-state index in [0.29, 0.717) is 12.2 Å². The molecule has 2 rings (SSSR count). The molecule has 6 nitrogen and oxygen atoms in total. The van der Waals surface area contributed by atoms with Gasteiger partial charge >= 0.3 is 0 Å². The summed E-state index contributed by atoms with van der Waals surface area (Å²) in [6.07, 6.45) is 1.86. The van der Waals surface area contributed by atoms with Gasteiger partial charge in [-0.3, -0.25) is 9.10 Å². The summed E-state index contributed by atoms with van der Waals surface area (Å²) < 4.78 is 24.5. The Morgan fingerprint density at radius 1 is 1.07 bits per heavy atom. The monoisotopic (exact) mass is 409 g/mol. The number of para-hydroxylation sites is 1. The fourth-order valence-electron chi connectivity index (χ4n) is 2.50. The summed E-state index contributed by atoms with van der Waals surface area (Å²) >= 11 is 6.12. The molecule has 0 aliphatic carbocycles. The summed E-state index contributed by atoms with van der Waals surface area (Å²) in [6, 6.07) is 14.6. The van der Waals surface area contributed by atoms with Gasteiger partial charge in [0.1, 0.15) is 0 Å². The summed E-state index contributed by atoms with van der Waals surface area (Å²) in [5.74, 6) is -0.328. The lowest BCUT2D eigenvalue weighted by atomic mass is 10.2. The molecule has 8 heteroatoms. The highest BCUT2D eigenvalue weighted by atomic mass is 35.5. The van der Waals surface area contributed by atoms with Crippen LogP contribution in [0.5, 0.6) is 0 Å². The second kappa shape index (κ2) is 9.10. The Morgan fingerprint density at radius 3 is 2.37 bits per heavy atom. The highest BCUT2D eigenvalue weighted by molar-refractivity contribution is 7.92. The third-order valence-corrected chi connectivity index (χ3v) is 5.74. The van der Waals surface area contributed by atoms with Gasteiger partial charge in [0.2, 0.25) is 10.0 Å². The highest BCUT2D eigenvalue weighted by Crippen LogP contribution is 2.24. The molecule has 27 heavy (non-hydrogen) atoms. The first-order chi connectivity index (χ1) is 12.7. The van der Waals surface area contributed by atoms with Crippen molar-refractivity contribution in [3.05, 3.63) is 59.1 Å². The first kappa shape index (κ1) is 21.1. The molecule has 2 aromatic carbocycles. The Kier molecular flexibility index (Phi) is 7.10. The molecular weight excluding hydrogens is 386 g/mol. The van der Waals surface area contributed by atoms with E-state index >= 15 is 0 Å². The largest absolute Gasteiger partial charge is 0.375 e. The molecule has 2 aromatic rings. The van der Waals surface area contributed by atoms with Gasteiger partial charge in [-0.05, 0) is 36.8 Å². The first-order valence-electron chi connectivity index (χ1n) is 8.48. The Hall–Kier alpha value is -2.25. The maximum absolute atomic E-state index is 12.4. The third kappa shape index (κ3) is 5.87. The molecule has 0 fully saturated rings. The summed E-state index contributed by atoms with van der Waals surface area (Å²) in [5.41, 5.74) is 1.75. The normalized spacial score (nSPS) is 11.1. The number of benzene rings is 2.